The van der Waals surface area contributed by atoms with Crippen LogP contribution in [-0.4, -0.2) is 47.0 Å². The van der Waals surface area contributed by atoms with Crippen LogP contribution in [0.3, 0.4) is 0 Å². The number of nitrogens with zero attached hydrogens (tertiary/aromatic N) is 3. The number of benzene rings is 2. The number of carbonyl (C=O) groups excluding carboxylic acids is 1. The molecular formula is C24H26F2N4O. The predicted molar refractivity (Wildman–Crippen MR) is 116 cm³/mol. The van der Waals surface area contributed by atoms with Crippen molar-refractivity contribution in [2.75, 3.05) is 20.1 Å². The first-order valence-corrected chi connectivity index (χ1v) is 10.5. The summed E-state index contributed by atoms with van der Waals surface area (Å²) in [6, 6.07) is 13.0. The normalized spacial score (nSPS) is 15.2. The molecule has 1 N–H and O–H groups in total. The molecular weight excluding hydrogens is 398 g/mol. The van der Waals surface area contributed by atoms with E-state index >= 15 is 0 Å². The van der Waals surface area contributed by atoms with Gasteiger partial charge < -0.3 is 15.1 Å². The minimum absolute atomic E-state index is 0.00135. The zero-order valence-electron chi connectivity index (χ0n) is 17.5. The maximum atomic E-state index is 14.3. The van der Waals surface area contributed by atoms with Gasteiger partial charge in [-0.25, -0.2) is 13.6 Å². The van der Waals surface area contributed by atoms with Crippen molar-refractivity contribution in [1.29, 1.82) is 0 Å². The highest BCUT2D eigenvalue weighted by Crippen LogP contribution is 2.21. The Labute approximate surface area is 180 Å². The minimum atomic E-state index is -0.632. The first kappa shape index (κ1) is 21.2. The van der Waals surface area contributed by atoms with Gasteiger partial charge in [0.15, 0.2) is 0 Å². The van der Waals surface area contributed by atoms with Gasteiger partial charge in [-0.1, -0.05) is 18.2 Å². The molecule has 1 saturated heterocycles. The van der Waals surface area contributed by atoms with Gasteiger partial charge >= 0.3 is 6.03 Å². The van der Waals surface area contributed by atoms with E-state index in [1.165, 1.54) is 12.1 Å². The molecule has 162 valence electrons. The maximum Gasteiger partial charge on any atom is 0.318 e. The van der Waals surface area contributed by atoms with Crippen LogP contribution >= 0.6 is 0 Å². The standard InChI is InChI=1S/C24H26F2N4O/c1-29-11-8-21(9-12-29)30(16-19-5-6-20(25)14-22(19)26)24(31)28-15-17-4-7-23-18(13-17)3-2-10-27-23/h2-7,10,13-14,21H,8-9,11-12,15-16H2,1H3,(H,28,31). The summed E-state index contributed by atoms with van der Waals surface area (Å²) in [5, 5.41) is 3.99. The van der Waals surface area contributed by atoms with E-state index in [9.17, 15) is 13.6 Å². The summed E-state index contributed by atoms with van der Waals surface area (Å²) in [5.41, 5.74) is 2.18. The summed E-state index contributed by atoms with van der Waals surface area (Å²) in [6.45, 7) is 2.21. The fraction of sp³-hybridized carbons (Fsp3) is 0.333. The summed E-state index contributed by atoms with van der Waals surface area (Å²) in [6.07, 6.45) is 3.38. The topological polar surface area (TPSA) is 48.5 Å². The monoisotopic (exact) mass is 424 g/mol. The Kier molecular flexibility index (Phi) is 6.42. The van der Waals surface area contributed by atoms with Crippen LogP contribution < -0.4 is 5.32 Å². The number of aromatic nitrogens is 1. The Morgan fingerprint density at radius 3 is 2.74 bits per heavy atom. The maximum absolute atomic E-state index is 14.3. The highest BCUT2D eigenvalue weighted by Gasteiger charge is 2.27. The Morgan fingerprint density at radius 2 is 1.97 bits per heavy atom. The average molecular weight is 424 g/mol. The van der Waals surface area contributed by atoms with Crippen LogP contribution in [0.1, 0.15) is 24.0 Å². The highest BCUT2D eigenvalue weighted by molar-refractivity contribution is 5.79. The molecule has 0 unspecified atom stereocenters. The molecule has 3 aromatic rings. The van der Waals surface area contributed by atoms with Gasteiger partial charge in [0.1, 0.15) is 11.6 Å². The van der Waals surface area contributed by atoms with E-state index in [1.807, 2.05) is 30.3 Å². The zero-order chi connectivity index (χ0) is 21.8. The van der Waals surface area contributed by atoms with Gasteiger partial charge in [-0.3, -0.25) is 4.98 Å². The van der Waals surface area contributed by atoms with Crippen LogP contribution in [0.2, 0.25) is 0 Å². The second kappa shape index (κ2) is 9.39. The van der Waals surface area contributed by atoms with Gasteiger partial charge in [0.25, 0.3) is 0 Å². The lowest BCUT2D eigenvalue weighted by Crippen LogP contribution is -2.49. The van der Waals surface area contributed by atoms with E-state index < -0.39 is 11.6 Å². The average Bonchev–Trinajstić information content (AvgIpc) is 2.77. The lowest BCUT2D eigenvalue weighted by Gasteiger charge is -2.37. The van der Waals surface area contributed by atoms with E-state index in [0.717, 1.165) is 48.5 Å². The number of carbonyl (C=O) groups is 1. The molecule has 1 aliphatic rings. The third-order valence-electron chi connectivity index (χ3n) is 5.86. The summed E-state index contributed by atoms with van der Waals surface area (Å²) >= 11 is 0. The van der Waals surface area contributed by atoms with Crippen molar-refractivity contribution >= 4 is 16.9 Å². The Bertz CT molecular complexity index is 1070. The number of fused-ring (bicyclic) bond motifs is 1. The largest absolute Gasteiger partial charge is 0.334 e. The van der Waals surface area contributed by atoms with Gasteiger partial charge in [-0.15, -0.1) is 0 Å². The van der Waals surface area contributed by atoms with Crippen molar-refractivity contribution < 1.29 is 13.6 Å². The first-order valence-electron chi connectivity index (χ1n) is 10.5. The van der Waals surface area contributed by atoms with Gasteiger partial charge in [0.2, 0.25) is 0 Å². The fourth-order valence-corrected chi connectivity index (χ4v) is 4.02. The van der Waals surface area contributed by atoms with Crippen molar-refractivity contribution in [1.82, 2.24) is 20.1 Å². The quantitative estimate of drug-likeness (QED) is 0.664. The van der Waals surface area contributed by atoms with Gasteiger partial charge in [0.05, 0.1) is 12.1 Å². The molecule has 31 heavy (non-hydrogen) atoms. The number of rotatable bonds is 5. The van der Waals surface area contributed by atoms with Crippen molar-refractivity contribution in [3.8, 4) is 0 Å². The van der Waals surface area contributed by atoms with Crippen molar-refractivity contribution in [2.24, 2.45) is 0 Å². The summed E-state index contributed by atoms with van der Waals surface area (Å²) in [7, 11) is 2.05. The number of hydrogen-bond donors (Lipinski definition) is 1. The van der Waals surface area contributed by atoms with E-state index in [0.29, 0.717) is 12.1 Å². The number of amides is 2. The first-order chi connectivity index (χ1) is 15.0. The lowest BCUT2D eigenvalue weighted by molar-refractivity contribution is 0.126. The summed E-state index contributed by atoms with van der Waals surface area (Å²) in [5.74, 6) is -1.25. The van der Waals surface area contributed by atoms with E-state index in [4.69, 9.17) is 0 Å². The van der Waals surface area contributed by atoms with E-state index in [2.05, 4.69) is 22.2 Å². The van der Waals surface area contributed by atoms with Crippen LogP contribution in [0.25, 0.3) is 10.9 Å². The number of likely N-dealkylation sites (tertiary alicyclic amines) is 1. The Morgan fingerprint density at radius 1 is 1.16 bits per heavy atom. The van der Waals surface area contributed by atoms with E-state index in [-0.39, 0.29) is 18.6 Å². The van der Waals surface area contributed by atoms with Crippen LogP contribution in [0.5, 0.6) is 0 Å². The predicted octanol–water partition coefficient (Wildman–Crippen LogP) is 4.32. The van der Waals surface area contributed by atoms with Crippen LogP contribution in [0, 0.1) is 11.6 Å². The summed E-state index contributed by atoms with van der Waals surface area (Å²) in [4.78, 5) is 21.4. The fourth-order valence-electron chi connectivity index (χ4n) is 4.02. The molecule has 7 heteroatoms. The number of urea groups is 1. The smallest absolute Gasteiger partial charge is 0.318 e. The summed E-state index contributed by atoms with van der Waals surface area (Å²) < 4.78 is 27.6. The van der Waals surface area contributed by atoms with Crippen LogP contribution in [0.4, 0.5) is 13.6 Å². The number of nitrogens with one attached hydrogen (secondary N) is 1. The van der Waals surface area contributed by atoms with Gasteiger partial charge in [0, 0.05) is 35.8 Å². The Balaban J connectivity index is 1.49. The molecule has 0 spiro atoms. The molecule has 0 atom stereocenters. The van der Waals surface area contributed by atoms with Crippen LogP contribution in [0.15, 0.2) is 54.7 Å². The van der Waals surface area contributed by atoms with Gasteiger partial charge in [-0.05, 0) is 62.8 Å². The molecule has 1 aliphatic heterocycles. The zero-order valence-corrected chi connectivity index (χ0v) is 17.5. The molecule has 4 rings (SSSR count). The molecule has 0 aliphatic carbocycles. The molecule has 1 fully saturated rings. The van der Waals surface area contributed by atoms with Crippen molar-refractivity contribution in [3.05, 3.63) is 77.5 Å². The molecule has 0 radical (unpaired) electrons. The van der Waals surface area contributed by atoms with E-state index in [1.54, 1.807) is 11.1 Å². The molecule has 0 saturated carbocycles. The minimum Gasteiger partial charge on any atom is -0.334 e. The molecule has 5 nitrogen and oxygen atoms in total. The lowest BCUT2D eigenvalue weighted by atomic mass is 10.0. The third-order valence-corrected chi connectivity index (χ3v) is 5.86. The second-order valence-corrected chi connectivity index (χ2v) is 8.09. The molecule has 2 aromatic carbocycles. The number of pyridine rings is 1. The molecule has 2 amide bonds. The molecule has 0 bridgehead atoms. The van der Waals surface area contributed by atoms with Crippen LogP contribution in [-0.2, 0) is 13.1 Å². The Hall–Kier alpha value is -3.06. The molecule has 1 aromatic heterocycles. The van der Waals surface area contributed by atoms with Crippen molar-refractivity contribution in [2.45, 2.75) is 32.0 Å². The second-order valence-electron chi connectivity index (χ2n) is 8.09. The third kappa shape index (κ3) is 5.17. The SMILES string of the molecule is CN1CCC(N(Cc2ccc(F)cc2F)C(=O)NCc2ccc3ncccc3c2)CC1. The number of hydrogen-bond acceptors (Lipinski definition) is 3. The number of halogens is 2. The van der Waals surface area contributed by atoms with Gasteiger partial charge in [-0.2, -0.15) is 0 Å². The molecule has 2 heterocycles. The van der Waals surface area contributed by atoms with Crippen molar-refractivity contribution in [3.63, 3.8) is 0 Å². The number of piperidine rings is 1. The highest BCUT2D eigenvalue weighted by atomic mass is 19.1.